The van der Waals surface area contributed by atoms with Gasteiger partial charge in [0.25, 0.3) is 0 Å². The van der Waals surface area contributed by atoms with Crippen molar-refractivity contribution in [2.24, 2.45) is 0 Å². The van der Waals surface area contributed by atoms with Crippen LogP contribution < -0.4 is 44.2 Å². The first-order valence-corrected chi connectivity index (χ1v) is 17.8. The first kappa shape index (κ1) is 37.8. The predicted octanol–water partition coefficient (Wildman–Crippen LogP) is 5.76. The van der Waals surface area contributed by atoms with E-state index in [1.54, 1.807) is 0 Å². The van der Waals surface area contributed by atoms with Gasteiger partial charge in [-0.2, -0.15) is 0 Å². The molecule has 237 valence electrons. The molecule has 0 unspecified atom stereocenters. The third kappa shape index (κ3) is 11.8. The molecule has 6 aromatic rings. The first-order valence-electron chi connectivity index (χ1n) is 15.1. The molecule has 4 heteroatoms. The van der Waals surface area contributed by atoms with Crippen LogP contribution in [0, 0.1) is 6.42 Å². The molecule has 0 spiro atoms. The quantitative estimate of drug-likeness (QED) is 0.150. The minimum atomic E-state index is -0.446. The Kier molecular flexibility index (Phi) is 17.1. The van der Waals surface area contributed by atoms with Crippen LogP contribution in [-0.4, -0.2) is 0 Å². The first-order chi connectivity index (χ1) is 22.3. The van der Waals surface area contributed by atoms with Gasteiger partial charge in [-0.3, -0.25) is 0 Å². The van der Waals surface area contributed by atoms with E-state index in [1.807, 2.05) is 30.7 Å². The van der Waals surface area contributed by atoms with E-state index in [4.69, 9.17) is 0 Å². The van der Waals surface area contributed by atoms with Gasteiger partial charge >= 0.3 is 0 Å². The average Bonchev–Trinajstić information content (AvgIpc) is 3.12. The Bertz CT molecular complexity index is 1450. The van der Waals surface area contributed by atoms with Crippen LogP contribution >= 0.6 is 15.8 Å². The maximum Gasteiger partial charge on any atom is 0.0119 e. The van der Waals surface area contributed by atoms with Crippen molar-refractivity contribution >= 4 is 47.7 Å². The van der Waals surface area contributed by atoms with E-state index in [2.05, 4.69) is 189 Å². The molecule has 0 heterocycles. The Morgan fingerprint density at radius 1 is 0.319 bits per heavy atom. The van der Waals surface area contributed by atoms with Crippen molar-refractivity contribution in [3.63, 3.8) is 0 Å². The molecule has 0 saturated carbocycles. The topological polar surface area (TPSA) is 0 Å². The maximum absolute atomic E-state index is 3.72. The van der Waals surface area contributed by atoms with Crippen molar-refractivity contribution in [1.82, 2.24) is 0 Å². The number of hydrogen-bond donors (Lipinski definition) is 0. The molecule has 6 aromatic carbocycles. The number of allylic oxidation sites excluding steroid dienone is 5. The molecular formula is C43H37ClP2Pd-. The molecule has 1 radical (unpaired) electrons. The van der Waals surface area contributed by atoms with Gasteiger partial charge in [0.15, 0.2) is 0 Å². The molecule has 0 nitrogen and oxygen atoms in total. The van der Waals surface area contributed by atoms with Crippen molar-refractivity contribution in [3.05, 3.63) is 225 Å². The zero-order valence-corrected chi connectivity index (χ0v) is 30.1. The second-order valence-electron chi connectivity index (χ2n) is 10.2. The Balaban J connectivity index is 0.000000205. The summed E-state index contributed by atoms with van der Waals surface area (Å²) < 4.78 is 0. The van der Waals surface area contributed by atoms with Gasteiger partial charge in [0.2, 0.25) is 0 Å². The predicted molar refractivity (Wildman–Crippen MR) is 202 cm³/mol. The van der Waals surface area contributed by atoms with Crippen LogP contribution in [0.2, 0.25) is 0 Å². The van der Waals surface area contributed by atoms with Crippen LogP contribution in [0.25, 0.3) is 0 Å². The van der Waals surface area contributed by atoms with Crippen molar-refractivity contribution in [2.45, 2.75) is 0 Å². The van der Waals surface area contributed by atoms with Crippen molar-refractivity contribution in [1.29, 1.82) is 0 Å². The maximum atomic E-state index is 3.72. The summed E-state index contributed by atoms with van der Waals surface area (Å²) in [7, 11) is -0.892. The molecule has 47 heavy (non-hydrogen) atoms. The van der Waals surface area contributed by atoms with Crippen LogP contribution in [0.1, 0.15) is 0 Å². The van der Waals surface area contributed by atoms with Gasteiger partial charge in [-0.05, 0) is 53.2 Å². The fourth-order valence-corrected chi connectivity index (χ4v) is 9.45. The minimum absolute atomic E-state index is 0. The van der Waals surface area contributed by atoms with E-state index in [-0.39, 0.29) is 32.8 Å². The normalized spacial score (nSPS) is 11.2. The number of benzene rings is 6. The molecule has 1 aliphatic carbocycles. The minimum Gasteiger partial charge on any atom is -1.00 e. The molecule has 0 saturated heterocycles. The SMILES string of the molecule is C=C1[CH]C=CC=C1.[Cl-].[Pd].c1ccc(P(c2ccccc2)c2ccccc2)cc1.c1ccc(P(c2ccccc2)c2ccccc2)cc1. The van der Waals surface area contributed by atoms with Gasteiger partial charge in [0.05, 0.1) is 0 Å². The molecule has 0 bridgehead atoms. The summed E-state index contributed by atoms with van der Waals surface area (Å²) in [5.74, 6) is 0. The Labute approximate surface area is 303 Å². The van der Waals surface area contributed by atoms with Crippen molar-refractivity contribution in [2.75, 3.05) is 0 Å². The van der Waals surface area contributed by atoms with Crippen LogP contribution in [0.15, 0.2) is 218 Å². The summed E-state index contributed by atoms with van der Waals surface area (Å²) in [6.07, 6.45) is 9.87. The number of rotatable bonds is 6. The van der Waals surface area contributed by atoms with E-state index >= 15 is 0 Å². The summed E-state index contributed by atoms with van der Waals surface area (Å²) in [5.41, 5.74) is 1.07. The summed E-state index contributed by atoms with van der Waals surface area (Å²) in [6.45, 7) is 3.72. The van der Waals surface area contributed by atoms with E-state index in [9.17, 15) is 0 Å². The van der Waals surface area contributed by atoms with Gasteiger partial charge in [0.1, 0.15) is 0 Å². The molecule has 1 aliphatic rings. The van der Waals surface area contributed by atoms with Gasteiger partial charge in [-0.1, -0.05) is 213 Å². The molecular weight excluding hydrogens is 720 g/mol. The summed E-state index contributed by atoms with van der Waals surface area (Å²) >= 11 is 0. The third-order valence-corrected chi connectivity index (χ3v) is 11.8. The van der Waals surface area contributed by atoms with Gasteiger partial charge in [-0.25, -0.2) is 0 Å². The van der Waals surface area contributed by atoms with Gasteiger partial charge in [-0.15, -0.1) is 0 Å². The number of halogens is 1. The van der Waals surface area contributed by atoms with Crippen LogP contribution in [-0.2, 0) is 20.4 Å². The van der Waals surface area contributed by atoms with E-state index in [0.717, 1.165) is 5.57 Å². The summed E-state index contributed by atoms with van der Waals surface area (Å²) in [6, 6.07) is 64.7. The third-order valence-electron chi connectivity index (χ3n) is 6.93. The fraction of sp³-hybridized carbons (Fsp3) is 0. The Morgan fingerprint density at radius 3 is 0.702 bits per heavy atom. The molecule has 0 aliphatic heterocycles. The van der Waals surface area contributed by atoms with Crippen molar-refractivity contribution in [3.8, 4) is 0 Å². The van der Waals surface area contributed by atoms with Crippen LogP contribution in [0.3, 0.4) is 0 Å². The monoisotopic (exact) mass is 756 g/mol. The summed E-state index contributed by atoms with van der Waals surface area (Å²) in [4.78, 5) is 0. The van der Waals surface area contributed by atoms with Crippen molar-refractivity contribution < 1.29 is 32.8 Å². The van der Waals surface area contributed by atoms with Gasteiger partial charge in [0, 0.05) is 26.8 Å². The zero-order valence-electron chi connectivity index (χ0n) is 26.0. The zero-order chi connectivity index (χ0) is 30.9. The van der Waals surface area contributed by atoms with Crippen LogP contribution in [0.4, 0.5) is 0 Å². The largest absolute Gasteiger partial charge is 1.00 e. The summed E-state index contributed by atoms with van der Waals surface area (Å²) in [5, 5.41) is 8.39. The van der Waals surface area contributed by atoms with Crippen LogP contribution in [0.5, 0.6) is 0 Å². The van der Waals surface area contributed by atoms with E-state index < -0.39 is 15.8 Å². The van der Waals surface area contributed by atoms with Gasteiger partial charge < -0.3 is 12.4 Å². The molecule has 7 rings (SSSR count). The Morgan fingerprint density at radius 2 is 0.553 bits per heavy atom. The molecule has 0 fully saturated rings. The molecule has 0 atom stereocenters. The Hall–Kier alpha value is -3.65. The molecule has 0 N–H and O–H groups in total. The molecule has 0 amide bonds. The average molecular weight is 758 g/mol. The molecule has 0 aromatic heterocycles. The standard InChI is InChI=1S/2C18H15P.C7H7.ClH.Pd/c2*1-4-10-16(11-5-1)19(17-12-6-2-7-13-17)18-14-8-3-9-15-18;1-7-5-3-2-4-6-7;;/h2*1-15H;2-6H,1H2;1H;/p-1. The van der Waals surface area contributed by atoms with E-state index in [1.165, 1.54) is 31.8 Å². The second-order valence-corrected chi connectivity index (χ2v) is 14.6. The fourth-order valence-electron chi connectivity index (χ4n) is 4.83. The number of hydrogen-bond acceptors (Lipinski definition) is 0. The van der Waals surface area contributed by atoms with E-state index in [0.29, 0.717) is 0 Å². The smallest absolute Gasteiger partial charge is 0.0119 e. The second kappa shape index (κ2) is 21.3.